The summed E-state index contributed by atoms with van der Waals surface area (Å²) in [6.45, 7) is 5.17. The first-order valence-corrected chi connectivity index (χ1v) is 10.8. The summed E-state index contributed by atoms with van der Waals surface area (Å²) in [6, 6.07) is 16.4. The first kappa shape index (κ1) is 19.7. The molecule has 1 N–H and O–H groups in total. The lowest BCUT2D eigenvalue weighted by Gasteiger charge is -2.23. The van der Waals surface area contributed by atoms with Gasteiger partial charge in [0.15, 0.2) is 5.50 Å². The van der Waals surface area contributed by atoms with Crippen LogP contribution in [0.4, 0.5) is 5.69 Å². The fourth-order valence-corrected chi connectivity index (χ4v) is 4.39. The Kier molecular flexibility index (Phi) is 4.94. The summed E-state index contributed by atoms with van der Waals surface area (Å²) in [4.78, 5) is 19.2. The molecule has 3 heterocycles. The number of aromatic nitrogens is 1. The van der Waals surface area contributed by atoms with Gasteiger partial charge in [0.25, 0.3) is 5.91 Å². The minimum absolute atomic E-state index is 0.190. The third-order valence-electron chi connectivity index (χ3n) is 5.71. The van der Waals surface area contributed by atoms with Crippen molar-refractivity contribution in [1.82, 2.24) is 9.88 Å². The molecule has 2 aliphatic rings. The lowest BCUT2D eigenvalue weighted by Crippen LogP contribution is -2.36. The van der Waals surface area contributed by atoms with E-state index in [1.54, 1.807) is 4.90 Å². The highest BCUT2D eigenvalue weighted by Crippen LogP contribution is 2.34. The van der Waals surface area contributed by atoms with Gasteiger partial charge in [0.1, 0.15) is 12.2 Å². The van der Waals surface area contributed by atoms with Crippen molar-refractivity contribution in [3.05, 3.63) is 71.7 Å². The molecule has 0 aliphatic carbocycles. The molecule has 0 bridgehead atoms. The zero-order chi connectivity index (χ0) is 21.5. The molecule has 31 heavy (non-hydrogen) atoms. The first-order chi connectivity index (χ1) is 15.0. The van der Waals surface area contributed by atoms with E-state index in [4.69, 9.17) is 16.3 Å². The van der Waals surface area contributed by atoms with Crippen LogP contribution in [0.3, 0.4) is 0 Å². The highest BCUT2D eigenvalue weighted by Gasteiger charge is 2.33. The van der Waals surface area contributed by atoms with E-state index >= 15 is 0 Å². The molecule has 1 atom stereocenters. The Labute approximate surface area is 185 Å². The van der Waals surface area contributed by atoms with E-state index in [9.17, 15) is 4.79 Å². The molecule has 0 saturated heterocycles. The molecular formula is C24H23ClN4O2. The highest BCUT2D eigenvalue weighted by molar-refractivity contribution is 6.27. The van der Waals surface area contributed by atoms with Crippen molar-refractivity contribution in [2.45, 2.75) is 25.3 Å². The normalized spacial score (nSPS) is 18.8. The number of para-hydroxylation sites is 1. The number of carbonyl (C=O) groups is 1. The Morgan fingerprint density at radius 1 is 1.16 bits per heavy atom. The fourth-order valence-electron chi connectivity index (χ4n) is 4.15. The molecule has 0 fully saturated rings. The maximum atomic E-state index is 13.4. The van der Waals surface area contributed by atoms with E-state index in [1.165, 1.54) is 11.9 Å². The van der Waals surface area contributed by atoms with Gasteiger partial charge < -0.3 is 19.5 Å². The van der Waals surface area contributed by atoms with E-state index in [2.05, 4.69) is 59.2 Å². The number of nitrogens with one attached hydrogen (secondary N) is 1. The molecule has 158 valence electrons. The van der Waals surface area contributed by atoms with Crippen molar-refractivity contribution in [2.75, 3.05) is 18.1 Å². The summed E-state index contributed by atoms with van der Waals surface area (Å²) in [6.07, 6.45) is 3.66. The molecule has 1 aromatic heterocycles. The van der Waals surface area contributed by atoms with Gasteiger partial charge in [-0.15, -0.1) is 0 Å². The van der Waals surface area contributed by atoms with Gasteiger partial charge in [-0.25, -0.2) is 0 Å². The Balaban J connectivity index is 1.61. The van der Waals surface area contributed by atoms with E-state index in [0.717, 1.165) is 22.3 Å². The third-order valence-corrected chi connectivity index (χ3v) is 6.04. The average molecular weight is 435 g/mol. The summed E-state index contributed by atoms with van der Waals surface area (Å²) < 4.78 is 7.94. The number of alkyl halides is 1. The largest absolute Gasteiger partial charge is 0.477 e. The Morgan fingerprint density at radius 2 is 1.97 bits per heavy atom. The number of benzene rings is 2. The molecule has 2 aliphatic heterocycles. The Hall–Kier alpha value is -3.25. The van der Waals surface area contributed by atoms with Gasteiger partial charge in [-0.2, -0.15) is 0 Å². The van der Waals surface area contributed by atoms with Gasteiger partial charge in [0.05, 0.1) is 18.4 Å². The van der Waals surface area contributed by atoms with Gasteiger partial charge in [-0.3, -0.25) is 9.79 Å². The molecule has 0 spiro atoms. The van der Waals surface area contributed by atoms with Crippen LogP contribution < -0.4 is 10.2 Å². The van der Waals surface area contributed by atoms with Crippen molar-refractivity contribution >= 4 is 40.4 Å². The summed E-state index contributed by atoms with van der Waals surface area (Å²) in [5.41, 5.74) is 3.85. The summed E-state index contributed by atoms with van der Waals surface area (Å²) in [5, 5.41) is 4.03. The summed E-state index contributed by atoms with van der Waals surface area (Å²) in [5.74, 6) is 0.538. The molecule has 2 aromatic carbocycles. The van der Waals surface area contributed by atoms with E-state index in [-0.39, 0.29) is 5.91 Å². The number of fused-ring (bicyclic) bond motifs is 1. The number of rotatable bonds is 3. The number of halogens is 1. The minimum atomic E-state index is -0.765. The second-order valence-electron chi connectivity index (χ2n) is 7.95. The number of amides is 1. The molecule has 1 amide bonds. The monoisotopic (exact) mass is 434 g/mol. The number of hydrogen-bond donors (Lipinski definition) is 1. The van der Waals surface area contributed by atoms with Crippen LogP contribution in [-0.2, 0) is 9.53 Å². The predicted octanol–water partition coefficient (Wildman–Crippen LogP) is 4.53. The van der Waals surface area contributed by atoms with Crippen LogP contribution in [0.15, 0.2) is 71.2 Å². The maximum absolute atomic E-state index is 13.4. The molecule has 0 saturated carbocycles. The lowest BCUT2D eigenvalue weighted by molar-refractivity contribution is -0.115. The zero-order valence-corrected chi connectivity index (χ0v) is 18.1. The van der Waals surface area contributed by atoms with Crippen LogP contribution in [0.25, 0.3) is 16.6 Å². The van der Waals surface area contributed by atoms with Crippen molar-refractivity contribution in [3.63, 3.8) is 0 Å². The molecule has 5 rings (SSSR count). The van der Waals surface area contributed by atoms with Crippen molar-refractivity contribution in [2.24, 2.45) is 4.99 Å². The van der Waals surface area contributed by atoms with Crippen LogP contribution >= 0.6 is 11.6 Å². The van der Waals surface area contributed by atoms with Crippen LogP contribution in [-0.4, -0.2) is 35.5 Å². The second kappa shape index (κ2) is 7.78. The number of hydrogen-bond acceptors (Lipinski definition) is 4. The summed E-state index contributed by atoms with van der Waals surface area (Å²) >= 11 is 6.32. The molecule has 3 aromatic rings. The molecule has 6 nitrogen and oxygen atoms in total. The SMILES string of the molecule is CC(C)c1cn(-c2ccccc2)c2ccc(N3CCOC4=C(C3=O)C(Cl)N=CN4)cc12. The molecule has 1 unspecified atom stereocenters. The number of anilines is 1. The smallest absolute Gasteiger partial charge is 0.263 e. The van der Waals surface area contributed by atoms with Gasteiger partial charge >= 0.3 is 0 Å². The number of nitrogens with zero attached hydrogens (tertiary/aromatic N) is 3. The van der Waals surface area contributed by atoms with Crippen molar-refractivity contribution in [1.29, 1.82) is 0 Å². The second-order valence-corrected chi connectivity index (χ2v) is 8.37. The lowest BCUT2D eigenvalue weighted by atomic mass is 10.0. The number of carbonyl (C=O) groups excluding carboxylic acids is 1. The minimum Gasteiger partial charge on any atom is -0.477 e. The molecular weight excluding hydrogens is 412 g/mol. The van der Waals surface area contributed by atoms with Crippen molar-refractivity contribution in [3.8, 4) is 5.69 Å². The van der Waals surface area contributed by atoms with Crippen LogP contribution in [0.2, 0.25) is 0 Å². The van der Waals surface area contributed by atoms with E-state index < -0.39 is 5.50 Å². The standard InChI is InChI=1S/C24H23ClN4O2/c1-15(2)19-13-29(16-6-4-3-5-7-16)20-9-8-17(12-18(19)20)28-10-11-31-23-21(24(28)30)22(25)26-14-27-23/h3-9,12-15,22H,10-11H2,1-2H3,(H,26,27). The quantitative estimate of drug-likeness (QED) is 0.487. The highest BCUT2D eigenvalue weighted by atomic mass is 35.5. The molecule has 7 heteroatoms. The third kappa shape index (κ3) is 3.37. The van der Waals surface area contributed by atoms with Gasteiger partial charge in [0, 0.05) is 23.0 Å². The van der Waals surface area contributed by atoms with Crippen molar-refractivity contribution < 1.29 is 9.53 Å². The van der Waals surface area contributed by atoms with Crippen LogP contribution in [0, 0.1) is 0 Å². The van der Waals surface area contributed by atoms with Crippen LogP contribution in [0.5, 0.6) is 0 Å². The number of aliphatic imine (C=N–C) groups is 1. The topological polar surface area (TPSA) is 58.9 Å². The average Bonchev–Trinajstić information content (AvgIpc) is 3.07. The first-order valence-electron chi connectivity index (χ1n) is 10.4. The van der Waals surface area contributed by atoms with E-state index in [0.29, 0.717) is 30.5 Å². The Morgan fingerprint density at radius 3 is 2.74 bits per heavy atom. The summed E-state index contributed by atoms with van der Waals surface area (Å²) in [7, 11) is 0. The number of ether oxygens (including phenoxy) is 1. The predicted molar refractivity (Wildman–Crippen MR) is 124 cm³/mol. The maximum Gasteiger partial charge on any atom is 0.263 e. The zero-order valence-electron chi connectivity index (χ0n) is 17.4. The van der Waals surface area contributed by atoms with Crippen LogP contribution in [0.1, 0.15) is 25.3 Å². The molecule has 0 radical (unpaired) electrons. The fraction of sp³-hybridized carbons (Fsp3) is 0.250. The van der Waals surface area contributed by atoms with Gasteiger partial charge in [-0.1, -0.05) is 43.6 Å². The van der Waals surface area contributed by atoms with Gasteiger partial charge in [-0.05, 0) is 41.8 Å². The Bertz CT molecular complexity index is 1210. The van der Waals surface area contributed by atoms with E-state index in [1.807, 2.05) is 24.3 Å². The van der Waals surface area contributed by atoms with Gasteiger partial charge in [0.2, 0.25) is 5.88 Å².